The minimum absolute atomic E-state index is 0.0242. The molecule has 0 bridgehead atoms. The zero-order valence-electron chi connectivity index (χ0n) is 17.5. The van der Waals surface area contributed by atoms with Crippen LogP contribution in [0.5, 0.6) is 5.75 Å². The third-order valence-corrected chi connectivity index (χ3v) is 8.11. The Morgan fingerprint density at radius 1 is 1.21 bits per heavy atom. The molecule has 1 unspecified atom stereocenters. The van der Waals surface area contributed by atoms with Gasteiger partial charge in [0.1, 0.15) is 24.4 Å². The van der Waals surface area contributed by atoms with Gasteiger partial charge in [0.15, 0.2) is 0 Å². The first-order valence-electron chi connectivity index (χ1n) is 9.78. The lowest BCUT2D eigenvalue weighted by atomic mass is 10.1. The van der Waals surface area contributed by atoms with Gasteiger partial charge in [-0.05, 0) is 29.8 Å². The Bertz CT molecular complexity index is 1110. The molecule has 2 atom stereocenters. The summed E-state index contributed by atoms with van der Waals surface area (Å²) in [5, 5.41) is 13.0. The number of rotatable bonds is 9. The van der Waals surface area contributed by atoms with Gasteiger partial charge in [-0.2, -0.15) is 4.31 Å². The second-order valence-corrected chi connectivity index (χ2v) is 11.2. The van der Waals surface area contributed by atoms with Gasteiger partial charge in [0.25, 0.3) is 0 Å². The number of nitrogens with zero attached hydrogens (tertiary/aromatic N) is 1. The summed E-state index contributed by atoms with van der Waals surface area (Å²) >= 11 is 13.6. The molecular weight excluding hydrogens is 511 g/mol. The number of carboxylic acids is 1. The molecule has 33 heavy (non-hydrogen) atoms. The Morgan fingerprint density at radius 2 is 1.85 bits per heavy atom. The van der Waals surface area contributed by atoms with Crippen molar-refractivity contribution < 1.29 is 27.9 Å². The largest absolute Gasteiger partial charge is 0.489 e. The van der Waals surface area contributed by atoms with Crippen LogP contribution < -0.4 is 10.1 Å². The van der Waals surface area contributed by atoms with Gasteiger partial charge in [0.2, 0.25) is 15.9 Å². The van der Waals surface area contributed by atoms with E-state index >= 15 is 0 Å². The van der Waals surface area contributed by atoms with Crippen LogP contribution in [0.2, 0.25) is 10.0 Å². The van der Waals surface area contributed by atoms with Crippen LogP contribution in [0.3, 0.4) is 0 Å². The first-order chi connectivity index (χ1) is 15.6. The Balaban J connectivity index is 1.62. The summed E-state index contributed by atoms with van der Waals surface area (Å²) in [6.45, 7) is 0.169. The zero-order chi connectivity index (χ0) is 24.2. The summed E-state index contributed by atoms with van der Waals surface area (Å²) in [6.07, 6.45) is 1.05. The lowest BCUT2D eigenvalue weighted by Crippen LogP contribution is -2.52. The molecule has 2 aromatic carbocycles. The van der Waals surface area contributed by atoms with Gasteiger partial charge in [-0.3, -0.25) is 4.79 Å². The highest BCUT2D eigenvalue weighted by Gasteiger charge is 2.38. The number of hydrogen-bond donors (Lipinski definition) is 2. The molecule has 1 aliphatic heterocycles. The molecule has 2 aromatic rings. The average Bonchev–Trinajstić information content (AvgIpc) is 3.25. The quantitative estimate of drug-likeness (QED) is 0.510. The molecule has 1 aliphatic rings. The van der Waals surface area contributed by atoms with Gasteiger partial charge < -0.3 is 15.2 Å². The van der Waals surface area contributed by atoms with E-state index in [2.05, 4.69) is 5.32 Å². The van der Waals surface area contributed by atoms with Crippen molar-refractivity contribution in [3.63, 3.8) is 0 Å². The van der Waals surface area contributed by atoms with Gasteiger partial charge in [-0.1, -0.05) is 41.4 Å². The molecule has 0 spiro atoms. The van der Waals surface area contributed by atoms with Crippen molar-refractivity contribution in [3.8, 4) is 5.75 Å². The van der Waals surface area contributed by atoms with Gasteiger partial charge in [-0.15, -0.1) is 11.8 Å². The van der Waals surface area contributed by atoms with Crippen molar-refractivity contribution in [2.24, 2.45) is 0 Å². The van der Waals surface area contributed by atoms with Gasteiger partial charge in [0, 0.05) is 27.8 Å². The van der Waals surface area contributed by atoms with Gasteiger partial charge >= 0.3 is 5.97 Å². The van der Waals surface area contributed by atoms with Crippen LogP contribution in [0.25, 0.3) is 0 Å². The second kappa shape index (κ2) is 11.0. The highest BCUT2D eigenvalue weighted by atomic mass is 35.5. The SMILES string of the molecule is CS(=O)(=O)N1CSCC1C(=O)N[C@@H](Cc1ccc(OCc2c(Cl)cccc2Cl)cc1)C(=O)O. The molecule has 0 aromatic heterocycles. The maximum absolute atomic E-state index is 12.6. The van der Waals surface area contributed by atoms with E-state index in [0.717, 1.165) is 10.6 Å². The number of carbonyl (C=O) groups is 2. The summed E-state index contributed by atoms with van der Waals surface area (Å²) in [6, 6.07) is 9.78. The Hall–Kier alpha value is -1.98. The smallest absolute Gasteiger partial charge is 0.326 e. The van der Waals surface area contributed by atoms with Gasteiger partial charge in [0.05, 0.1) is 12.1 Å². The molecule has 1 heterocycles. The number of sulfonamides is 1. The second-order valence-electron chi connectivity index (χ2n) is 7.40. The van der Waals surface area contributed by atoms with E-state index in [4.69, 9.17) is 27.9 Å². The fourth-order valence-corrected chi connectivity index (χ4v) is 6.45. The molecule has 1 fully saturated rings. The van der Waals surface area contributed by atoms with E-state index in [1.54, 1.807) is 42.5 Å². The standard InChI is InChI=1S/C21H22Cl2N2O6S2/c1-33(29,30)25-12-32-11-19(25)20(26)24-18(21(27)28)9-13-5-7-14(8-6-13)31-10-15-16(22)3-2-4-17(15)23/h2-8,18-19H,9-12H2,1H3,(H,24,26)(H,27,28)/t18-,19?/m0/s1. The zero-order valence-corrected chi connectivity index (χ0v) is 20.7. The number of halogens is 2. The van der Waals surface area contributed by atoms with Crippen LogP contribution in [0.1, 0.15) is 11.1 Å². The van der Waals surface area contributed by atoms with Crippen molar-refractivity contribution in [3.05, 3.63) is 63.6 Å². The number of carbonyl (C=O) groups excluding carboxylic acids is 1. The van der Waals surface area contributed by atoms with Crippen LogP contribution >= 0.6 is 35.0 Å². The topological polar surface area (TPSA) is 113 Å². The number of ether oxygens (including phenoxy) is 1. The molecule has 12 heteroatoms. The highest BCUT2D eigenvalue weighted by Crippen LogP contribution is 2.26. The number of benzene rings is 2. The number of aliphatic carboxylic acids is 1. The maximum Gasteiger partial charge on any atom is 0.326 e. The summed E-state index contributed by atoms with van der Waals surface area (Å²) in [5.74, 6) is -0.872. The molecule has 0 radical (unpaired) electrons. The van der Waals surface area contributed by atoms with Crippen LogP contribution in [-0.2, 0) is 32.6 Å². The number of carboxylic acid groups (broad SMARTS) is 1. The van der Waals surface area contributed by atoms with E-state index in [1.165, 1.54) is 11.8 Å². The van der Waals surface area contributed by atoms with E-state index < -0.39 is 34.0 Å². The summed E-state index contributed by atoms with van der Waals surface area (Å²) in [7, 11) is -3.57. The van der Waals surface area contributed by atoms with Crippen LogP contribution in [0.4, 0.5) is 0 Å². The summed E-state index contributed by atoms with van der Waals surface area (Å²) < 4.78 is 30.5. The molecule has 3 rings (SSSR count). The van der Waals surface area contributed by atoms with Gasteiger partial charge in [-0.25, -0.2) is 13.2 Å². The van der Waals surface area contributed by atoms with Crippen molar-refractivity contribution in [1.29, 1.82) is 0 Å². The predicted molar refractivity (Wildman–Crippen MR) is 128 cm³/mol. The first-order valence-corrected chi connectivity index (χ1v) is 13.5. The molecular formula is C21H22Cl2N2O6S2. The summed E-state index contributed by atoms with van der Waals surface area (Å²) in [4.78, 5) is 24.3. The van der Waals surface area contributed by atoms with Crippen LogP contribution in [-0.4, -0.2) is 59.7 Å². The monoisotopic (exact) mass is 532 g/mol. The maximum atomic E-state index is 12.6. The number of hydrogen-bond acceptors (Lipinski definition) is 6. The molecule has 178 valence electrons. The van der Waals surface area contributed by atoms with Crippen LogP contribution in [0.15, 0.2) is 42.5 Å². The lowest BCUT2D eigenvalue weighted by molar-refractivity contribution is -0.142. The molecule has 0 saturated carbocycles. The fourth-order valence-electron chi connectivity index (χ4n) is 3.21. The molecule has 1 amide bonds. The fraction of sp³-hybridized carbons (Fsp3) is 0.333. The predicted octanol–water partition coefficient (Wildman–Crippen LogP) is 3.02. The average molecular weight is 533 g/mol. The highest BCUT2D eigenvalue weighted by molar-refractivity contribution is 8.00. The minimum atomic E-state index is -3.57. The molecule has 8 nitrogen and oxygen atoms in total. The minimum Gasteiger partial charge on any atom is -0.489 e. The van der Waals surface area contributed by atoms with Crippen molar-refractivity contribution in [2.75, 3.05) is 17.9 Å². The molecule has 1 saturated heterocycles. The lowest BCUT2D eigenvalue weighted by Gasteiger charge is -2.23. The van der Waals surface area contributed by atoms with Crippen molar-refractivity contribution >= 4 is 56.9 Å². The van der Waals surface area contributed by atoms with E-state index in [1.807, 2.05) is 0 Å². The Kier molecular flexibility index (Phi) is 8.52. The van der Waals surface area contributed by atoms with E-state index in [0.29, 0.717) is 26.9 Å². The summed E-state index contributed by atoms with van der Waals surface area (Å²) in [5.41, 5.74) is 1.32. The number of amides is 1. The normalized spacial score (nSPS) is 17.5. The number of thioether (sulfide) groups is 1. The van der Waals surface area contributed by atoms with E-state index in [9.17, 15) is 23.1 Å². The van der Waals surface area contributed by atoms with Crippen molar-refractivity contribution in [1.82, 2.24) is 9.62 Å². The Labute approximate surface area is 206 Å². The first kappa shape index (κ1) is 25.6. The molecule has 0 aliphatic carbocycles. The van der Waals surface area contributed by atoms with Crippen LogP contribution in [0, 0.1) is 0 Å². The third kappa shape index (κ3) is 6.77. The van der Waals surface area contributed by atoms with E-state index in [-0.39, 0.29) is 24.7 Å². The number of nitrogens with one attached hydrogen (secondary N) is 1. The third-order valence-electron chi connectivity index (χ3n) is 4.99. The Morgan fingerprint density at radius 3 is 2.42 bits per heavy atom. The van der Waals surface area contributed by atoms with Crippen molar-refractivity contribution in [2.45, 2.75) is 25.1 Å². The molecule has 2 N–H and O–H groups in total.